The molecule has 0 unspecified atom stereocenters. The number of likely N-dealkylation sites (N-methyl/N-ethyl adjacent to an activating group) is 1. The van der Waals surface area contributed by atoms with Crippen LogP contribution in [0.4, 0.5) is 0 Å². The molecule has 0 aromatic heterocycles. The summed E-state index contributed by atoms with van der Waals surface area (Å²) in [5.74, 6) is -0.0663. The van der Waals surface area contributed by atoms with Crippen LogP contribution in [0, 0.1) is 0 Å². The van der Waals surface area contributed by atoms with Gasteiger partial charge in [-0.2, -0.15) is 0 Å². The first-order valence-corrected chi connectivity index (χ1v) is 6.46. The van der Waals surface area contributed by atoms with Gasteiger partial charge in [0, 0.05) is 25.2 Å². The van der Waals surface area contributed by atoms with E-state index in [9.17, 15) is 4.79 Å². The molecule has 0 saturated heterocycles. The molecule has 1 amide bonds. The monoisotopic (exact) mass is 250 g/mol. The molecule has 3 heteroatoms. The van der Waals surface area contributed by atoms with Crippen LogP contribution in [0.5, 0.6) is 0 Å². The summed E-state index contributed by atoms with van der Waals surface area (Å²) < 4.78 is 0. The zero-order chi connectivity index (χ0) is 13.8. The van der Waals surface area contributed by atoms with Gasteiger partial charge in [0.05, 0.1) is 0 Å². The molecule has 0 atom stereocenters. The zero-order valence-corrected chi connectivity index (χ0v) is 11.7. The van der Waals surface area contributed by atoms with E-state index in [1.54, 1.807) is 6.92 Å². The Bertz CT molecular complexity index is 295. The lowest BCUT2D eigenvalue weighted by Gasteiger charge is -2.14. The quantitative estimate of drug-likeness (QED) is 0.367. The van der Waals surface area contributed by atoms with Gasteiger partial charge in [0.15, 0.2) is 0 Å². The maximum Gasteiger partial charge on any atom is 0.246 e. The van der Waals surface area contributed by atoms with Crippen molar-refractivity contribution in [2.24, 2.45) is 0 Å². The highest BCUT2D eigenvalue weighted by atomic mass is 16.1. The molecule has 0 aliphatic rings. The topological polar surface area (TPSA) is 32.3 Å². The lowest BCUT2D eigenvalue weighted by molar-refractivity contribution is -0.117. The maximum atomic E-state index is 11.2. The average Bonchev–Trinajstić information content (AvgIpc) is 2.33. The van der Waals surface area contributed by atoms with Crippen molar-refractivity contribution in [3.63, 3.8) is 0 Å². The van der Waals surface area contributed by atoms with Crippen LogP contribution >= 0.6 is 0 Å². The molecule has 18 heavy (non-hydrogen) atoms. The van der Waals surface area contributed by atoms with Gasteiger partial charge in [-0.1, -0.05) is 24.8 Å². The molecule has 0 fully saturated rings. The molecular weight excluding hydrogens is 224 g/mol. The van der Waals surface area contributed by atoms with E-state index in [-0.39, 0.29) is 5.91 Å². The van der Waals surface area contributed by atoms with Crippen LogP contribution in [0.25, 0.3) is 0 Å². The van der Waals surface area contributed by atoms with Crippen molar-refractivity contribution in [2.75, 3.05) is 26.7 Å². The molecule has 0 saturated carbocycles. The Kier molecular flexibility index (Phi) is 9.97. The molecule has 0 radical (unpaired) electrons. The Balaban J connectivity index is 3.53. The summed E-state index contributed by atoms with van der Waals surface area (Å²) in [4.78, 5) is 13.4. The maximum absolute atomic E-state index is 11.2. The van der Waals surface area contributed by atoms with Gasteiger partial charge in [-0.05, 0) is 33.2 Å². The van der Waals surface area contributed by atoms with Gasteiger partial charge in [0.2, 0.25) is 5.91 Å². The molecule has 0 rings (SSSR count). The van der Waals surface area contributed by atoms with Crippen molar-refractivity contribution in [1.29, 1.82) is 0 Å². The Hall–Kier alpha value is -1.35. The Morgan fingerprint density at radius 3 is 2.67 bits per heavy atom. The first-order chi connectivity index (χ1) is 8.57. The summed E-state index contributed by atoms with van der Waals surface area (Å²) in [5.41, 5.74) is 0.555. The standard InChI is InChI=1S/C15H26N2O/c1-5-6-7-8-9-10-12-17(4)13-11-16-15(18)14(2)3/h5,9-10H,1-2,6-8,11-13H2,3-4H3,(H,16,18). The number of rotatable bonds is 10. The van der Waals surface area contributed by atoms with Crippen molar-refractivity contribution in [2.45, 2.75) is 26.2 Å². The largest absolute Gasteiger partial charge is 0.351 e. The predicted molar refractivity (Wildman–Crippen MR) is 78.5 cm³/mol. The molecule has 0 heterocycles. The molecule has 0 aromatic carbocycles. The molecule has 1 N–H and O–H groups in total. The molecule has 0 spiro atoms. The van der Waals surface area contributed by atoms with Crippen LogP contribution in [-0.4, -0.2) is 37.5 Å². The fraction of sp³-hybridized carbons (Fsp3) is 0.533. The molecule has 0 aliphatic heterocycles. The number of amides is 1. The minimum atomic E-state index is -0.0663. The Labute approximate surface area is 111 Å². The number of carbonyl (C=O) groups excluding carboxylic acids is 1. The summed E-state index contributed by atoms with van der Waals surface area (Å²) in [5, 5.41) is 2.82. The fourth-order valence-corrected chi connectivity index (χ4v) is 1.35. The van der Waals surface area contributed by atoms with Crippen LogP contribution in [-0.2, 0) is 4.79 Å². The van der Waals surface area contributed by atoms with E-state index in [2.05, 4.69) is 35.5 Å². The number of hydrogen-bond donors (Lipinski definition) is 1. The molecule has 0 aliphatic carbocycles. The van der Waals surface area contributed by atoms with E-state index < -0.39 is 0 Å². The second kappa shape index (κ2) is 10.8. The SMILES string of the molecule is C=CCCCC=CCN(C)CCNC(=O)C(=C)C. The van der Waals surface area contributed by atoms with Gasteiger partial charge < -0.3 is 10.2 Å². The first kappa shape index (κ1) is 16.6. The van der Waals surface area contributed by atoms with Crippen molar-refractivity contribution >= 4 is 5.91 Å². The van der Waals surface area contributed by atoms with Gasteiger partial charge in [0.1, 0.15) is 0 Å². The molecule has 102 valence electrons. The molecular formula is C15H26N2O. The third-order valence-corrected chi connectivity index (χ3v) is 2.53. The van der Waals surface area contributed by atoms with E-state index in [4.69, 9.17) is 0 Å². The van der Waals surface area contributed by atoms with Crippen LogP contribution in [0.3, 0.4) is 0 Å². The zero-order valence-electron chi connectivity index (χ0n) is 11.7. The summed E-state index contributed by atoms with van der Waals surface area (Å²) in [7, 11) is 2.04. The average molecular weight is 250 g/mol. The van der Waals surface area contributed by atoms with Gasteiger partial charge in [-0.3, -0.25) is 4.79 Å². The number of nitrogens with one attached hydrogen (secondary N) is 1. The highest BCUT2D eigenvalue weighted by Gasteiger charge is 2.00. The summed E-state index contributed by atoms with van der Waals surface area (Å²) in [6.07, 6.45) is 9.66. The second-order valence-electron chi connectivity index (χ2n) is 4.49. The van der Waals surface area contributed by atoms with Crippen molar-refractivity contribution in [3.05, 3.63) is 37.0 Å². The fourth-order valence-electron chi connectivity index (χ4n) is 1.35. The number of allylic oxidation sites excluding steroid dienone is 2. The third kappa shape index (κ3) is 9.85. The first-order valence-electron chi connectivity index (χ1n) is 6.46. The lowest BCUT2D eigenvalue weighted by atomic mass is 10.2. The summed E-state index contributed by atoms with van der Waals surface area (Å²) in [6.45, 7) is 11.4. The van der Waals surface area contributed by atoms with Crippen LogP contribution in [0.2, 0.25) is 0 Å². The highest BCUT2D eigenvalue weighted by Crippen LogP contribution is 1.96. The minimum Gasteiger partial charge on any atom is -0.351 e. The highest BCUT2D eigenvalue weighted by molar-refractivity contribution is 5.92. The number of carbonyl (C=O) groups is 1. The number of unbranched alkanes of at least 4 members (excludes halogenated alkanes) is 2. The van der Waals surface area contributed by atoms with Gasteiger partial charge in [-0.15, -0.1) is 6.58 Å². The normalized spacial score (nSPS) is 10.8. The number of nitrogens with zero attached hydrogens (tertiary/aromatic N) is 1. The Morgan fingerprint density at radius 2 is 2.06 bits per heavy atom. The van der Waals surface area contributed by atoms with Crippen LogP contribution < -0.4 is 5.32 Å². The molecule has 0 bridgehead atoms. The minimum absolute atomic E-state index is 0.0663. The van der Waals surface area contributed by atoms with Crippen molar-refractivity contribution < 1.29 is 4.79 Å². The smallest absolute Gasteiger partial charge is 0.246 e. The predicted octanol–water partition coefficient (Wildman–Crippen LogP) is 2.52. The summed E-state index contributed by atoms with van der Waals surface area (Å²) >= 11 is 0. The van der Waals surface area contributed by atoms with Crippen LogP contribution in [0.15, 0.2) is 37.0 Å². The van der Waals surface area contributed by atoms with E-state index in [1.165, 1.54) is 6.42 Å². The van der Waals surface area contributed by atoms with E-state index >= 15 is 0 Å². The molecule has 3 nitrogen and oxygen atoms in total. The van der Waals surface area contributed by atoms with Crippen molar-refractivity contribution in [1.82, 2.24) is 10.2 Å². The van der Waals surface area contributed by atoms with Crippen LogP contribution in [0.1, 0.15) is 26.2 Å². The Morgan fingerprint density at radius 1 is 1.33 bits per heavy atom. The number of hydrogen-bond acceptors (Lipinski definition) is 2. The van der Waals surface area contributed by atoms with Gasteiger partial charge in [0.25, 0.3) is 0 Å². The van der Waals surface area contributed by atoms with E-state index in [1.807, 2.05) is 13.1 Å². The van der Waals surface area contributed by atoms with Gasteiger partial charge in [-0.25, -0.2) is 0 Å². The lowest BCUT2D eigenvalue weighted by Crippen LogP contribution is -2.33. The summed E-state index contributed by atoms with van der Waals surface area (Å²) in [6, 6.07) is 0. The van der Waals surface area contributed by atoms with Gasteiger partial charge >= 0.3 is 0 Å². The van der Waals surface area contributed by atoms with Crippen molar-refractivity contribution in [3.8, 4) is 0 Å². The van der Waals surface area contributed by atoms with E-state index in [0.29, 0.717) is 12.1 Å². The molecule has 0 aromatic rings. The third-order valence-electron chi connectivity index (χ3n) is 2.53. The second-order valence-corrected chi connectivity index (χ2v) is 4.49. The van der Waals surface area contributed by atoms with E-state index in [0.717, 1.165) is 25.9 Å².